The fourth-order valence-corrected chi connectivity index (χ4v) is 0.187. The van der Waals surface area contributed by atoms with Gasteiger partial charge in [-0.2, -0.15) is 16.8 Å². The lowest BCUT2D eigenvalue weighted by Gasteiger charge is -1.95. The summed E-state index contributed by atoms with van der Waals surface area (Å²) in [5, 5.41) is 16.5. The number of aliphatic hydroxyl groups is 2. The molecule has 1 atom stereocenters. The molecule has 0 aliphatic carbocycles. The first-order valence-electron chi connectivity index (χ1n) is 4.20. The summed E-state index contributed by atoms with van der Waals surface area (Å²) in [5.74, 6) is 0. The number of halogens is 2. The molecule has 4 N–H and O–H groups in total. The molecule has 0 amide bonds. The average Bonchev–Trinajstić information content (AvgIpc) is 2.17. The molecule has 12 heteroatoms. The molecule has 0 spiro atoms. The molecule has 8 nitrogen and oxygen atoms in total. The van der Waals surface area contributed by atoms with Crippen LogP contribution in [0, 0.1) is 0 Å². The van der Waals surface area contributed by atoms with Crippen LogP contribution in [0.3, 0.4) is 0 Å². The second kappa shape index (κ2) is 11.7. The minimum absolute atomic E-state index is 0.0810. The molecule has 1 unspecified atom stereocenters. The molecule has 0 radical (unpaired) electrons. The molecule has 18 heavy (non-hydrogen) atoms. The maximum Gasteiger partial charge on any atom is 0.294 e. The molecule has 114 valence electrons. The number of alkyl halides is 2. The Morgan fingerprint density at radius 1 is 1.00 bits per heavy atom. The lowest BCUT2D eigenvalue weighted by Crippen LogP contribution is -2.00. The monoisotopic (exact) mass is 318 g/mol. The molecular weight excluding hydrogens is 302 g/mol. The zero-order chi connectivity index (χ0) is 15.4. The van der Waals surface area contributed by atoms with Gasteiger partial charge < -0.3 is 10.2 Å². The number of rotatable bonds is 4. The predicted octanol–water partition coefficient (Wildman–Crippen LogP) is -0.648. The van der Waals surface area contributed by atoms with E-state index in [1.54, 1.807) is 6.92 Å². The molecule has 0 aromatic rings. The summed E-state index contributed by atoms with van der Waals surface area (Å²) in [6, 6.07) is -3.40. The van der Waals surface area contributed by atoms with Crippen LogP contribution in [0.1, 0.15) is 13.3 Å². The van der Waals surface area contributed by atoms with Crippen molar-refractivity contribution in [1.82, 2.24) is 0 Å². The van der Waals surface area contributed by atoms with Gasteiger partial charge in [-0.15, -0.1) is 0 Å². The van der Waals surface area contributed by atoms with E-state index in [4.69, 9.17) is 19.3 Å². The quantitative estimate of drug-likeness (QED) is 0.500. The van der Waals surface area contributed by atoms with Gasteiger partial charge in [-0.25, -0.2) is 8.78 Å². The molecule has 0 saturated heterocycles. The van der Waals surface area contributed by atoms with Crippen molar-refractivity contribution in [3.05, 3.63) is 0 Å². The van der Waals surface area contributed by atoms with E-state index < -0.39 is 32.2 Å². The average molecular weight is 318 g/mol. The van der Waals surface area contributed by atoms with Crippen LogP contribution in [0.5, 0.6) is 0 Å². The van der Waals surface area contributed by atoms with Crippen molar-refractivity contribution in [2.24, 2.45) is 0 Å². The maximum atomic E-state index is 10.7. The van der Waals surface area contributed by atoms with Gasteiger partial charge in [0.15, 0.2) is 0 Å². The summed E-state index contributed by atoms with van der Waals surface area (Å²) >= 11 is 0. The molecule has 0 aliphatic rings. The van der Waals surface area contributed by atoms with Gasteiger partial charge in [0.25, 0.3) is 20.2 Å². The van der Waals surface area contributed by atoms with E-state index in [2.05, 4.69) is 0 Å². The highest BCUT2D eigenvalue weighted by Crippen LogP contribution is 1.83. The van der Waals surface area contributed by atoms with Crippen LogP contribution in [0.15, 0.2) is 0 Å². The second-order valence-corrected chi connectivity index (χ2v) is 5.51. The van der Waals surface area contributed by atoms with Crippen molar-refractivity contribution in [1.29, 1.82) is 0 Å². The van der Waals surface area contributed by atoms with Gasteiger partial charge in [0, 0.05) is 6.61 Å². The van der Waals surface area contributed by atoms with Crippen LogP contribution in [-0.2, 0) is 20.2 Å². The molecule has 0 rings (SSSR count). The Kier molecular flexibility index (Phi) is 14.8. The van der Waals surface area contributed by atoms with E-state index in [1.165, 1.54) is 0 Å². The minimum Gasteiger partial charge on any atom is -0.396 e. The minimum atomic E-state index is -4.33. The molecule has 0 fully saturated rings. The van der Waals surface area contributed by atoms with Crippen molar-refractivity contribution in [2.45, 2.75) is 19.4 Å². The van der Waals surface area contributed by atoms with Crippen molar-refractivity contribution in [3.63, 3.8) is 0 Å². The van der Waals surface area contributed by atoms with Crippen molar-refractivity contribution >= 4 is 20.2 Å². The molecule has 0 aromatic carbocycles. The lowest BCUT2D eigenvalue weighted by molar-refractivity contribution is 0.148. The summed E-state index contributed by atoms with van der Waals surface area (Å²) in [4.78, 5) is 0. The van der Waals surface area contributed by atoms with Gasteiger partial charge in [-0.05, 0) is 13.3 Å². The van der Waals surface area contributed by atoms with Crippen LogP contribution in [-0.4, -0.2) is 60.9 Å². The van der Waals surface area contributed by atoms with Crippen LogP contribution < -0.4 is 0 Å². The van der Waals surface area contributed by atoms with E-state index in [0.717, 1.165) is 0 Å². The fraction of sp³-hybridized carbons (Fsp3) is 1.00. The van der Waals surface area contributed by atoms with E-state index >= 15 is 0 Å². The highest BCUT2D eigenvalue weighted by atomic mass is 32.2. The van der Waals surface area contributed by atoms with Gasteiger partial charge >= 0.3 is 0 Å². The zero-order valence-corrected chi connectivity index (χ0v) is 11.0. The van der Waals surface area contributed by atoms with Crippen molar-refractivity contribution in [2.75, 3.05) is 18.6 Å². The summed E-state index contributed by atoms with van der Waals surface area (Å²) in [5.41, 5.74) is 0. The second-order valence-electron chi connectivity index (χ2n) is 2.74. The molecule has 0 aromatic heterocycles. The van der Waals surface area contributed by atoms with Gasteiger partial charge in [-0.3, -0.25) is 9.11 Å². The maximum absolute atomic E-state index is 10.7. The van der Waals surface area contributed by atoms with Crippen LogP contribution in [0.25, 0.3) is 0 Å². The number of hydrogen-bond acceptors (Lipinski definition) is 6. The fourth-order valence-electron chi connectivity index (χ4n) is 0.187. The van der Waals surface area contributed by atoms with Gasteiger partial charge in [0.05, 0.1) is 6.10 Å². The van der Waals surface area contributed by atoms with Gasteiger partial charge in [0.1, 0.15) is 0 Å². The lowest BCUT2D eigenvalue weighted by atomic mass is 10.3. The van der Waals surface area contributed by atoms with E-state index in [-0.39, 0.29) is 12.7 Å². The Bertz CT molecular complexity index is 331. The first kappa shape index (κ1) is 22.8. The Balaban J connectivity index is -0.000000187. The molecule has 0 heterocycles. The first-order chi connectivity index (χ1) is 7.89. The molecule has 0 aliphatic heterocycles. The SMILES string of the molecule is CC(O)CCO.O=S(=O)(O)CF.O=S(=O)(O)CF. The summed E-state index contributed by atoms with van der Waals surface area (Å²) in [7, 11) is -8.66. The van der Waals surface area contributed by atoms with E-state index in [1.807, 2.05) is 0 Å². The Morgan fingerprint density at radius 3 is 1.22 bits per heavy atom. The van der Waals surface area contributed by atoms with Crippen molar-refractivity contribution in [3.8, 4) is 0 Å². The molecular formula is C6H16F2O8S2. The highest BCUT2D eigenvalue weighted by molar-refractivity contribution is 7.85. The van der Waals surface area contributed by atoms with Crippen LogP contribution in [0.4, 0.5) is 8.78 Å². The third kappa shape index (κ3) is 45.0. The predicted molar refractivity (Wildman–Crippen MR) is 58.4 cm³/mol. The van der Waals surface area contributed by atoms with Gasteiger partial charge in [0.2, 0.25) is 12.0 Å². The Labute approximate surface area is 104 Å². The third-order valence-electron chi connectivity index (χ3n) is 0.823. The van der Waals surface area contributed by atoms with Gasteiger partial charge in [-0.1, -0.05) is 0 Å². The first-order valence-corrected chi connectivity index (χ1v) is 7.42. The Morgan fingerprint density at radius 2 is 1.22 bits per heavy atom. The van der Waals surface area contributed by atoms with Crippen LogP contribution in [0.2, 0.25) is 0 Å². The third-order valence-corrected chi connectivity index (χ3v) is 1.37. The summed E-state index contributed by atoms with van der Waals surface area (Å²) < 4.78 is 72.9. The zero-order valence-electron chi connectivity index (χ0n) is 9.40. The highest BCUT2D eigenvalue weighted by Gasteiger charge is 1.98. The number of aliphatic hydroxyl groups excluding tert-OH is 2. The van der Waals surface area contributed by atoms with Crippen LogP contribution >= 0.6 is 0 Å². The molecule has 0 bridgehead atoms. The normalized spacial score (nSPS) is 12.6. The topological polar surface area (TPSA) is 149 Å². The number of hydrogen-bond donors (Lipinski definition) is 4. The largest absolute Gasteiger partial charge is 0.396 e. The smallest absolute Gasteiger partial charge is 0.294 e. The van der Waals surface area contributed by atoms with Crippen molar-refractivity contribution < 1.29 is 44.9 Å². The summed E-state index contributed by atoms with van der Waals surface area (Å²) in [6.07, 6.45) is 0.134. The Hall–Kier alpha value is -0.400. The van der Waals surface area contributed by atoms with E-state index in [9.17, 15) is 25.6 Å². The van der Waals surface area contributed by atoms with E-state index in [0.29, 0.717) is 6.42 Å². The summed E-state index contributed by atoms with van der Waals surface area (Å²) in [6.45, 7) is 1.73. The standard InChI is InChI=1S/C4H10O2.2CH3FO3S/c1-4(6)2-3-5;2*2-1-6(3,4)5/h4-6H,2-3H2,1H3;2*1H2,(H,3,4,5). The molecule has 0 saturated carbocycles.